The average Bonchev–Trinajstić information content (AvgIpc) is 3.14. The largest absolute Gasteiger partial charge is 0.444 e. The predicted molar refractivity (Wildman–Crippen MR) is 113 cm³/mol. The van der Waals surface area contributed by atoms with Crippen molar-refractivity contribution >= 4 is 6.09 Å². The summed E-state index contributed by atoms with van der Waals surface area (Å²) < 4.78 is 5.45. The molecule has 0 radical (unpaired) electrons. The van der Waals surface area contributed by atoms with Crippen molar-refractivity contribution in [3.05, 3.63) is 96.1 Å². The summed E-state index contributed by atoms with van der Waals surface area (Å²) in [5.74, 6) is 0. The molecule has 1 heterocycles. The minimum atomic E-state index is -0.785. The third-order valence-electron chi connectivity index (χ3n) is 5.42. The highest BCUT2D eigenvalue weighted by Crippen LogP contribution is 2.27. The van der Waals surface area contributed by atoms with Gasteiger partial charge in [0.15, 0.2) is 0 Å². The number of rotatable bonds is 5. The van der Waals surface area contributed by atoms with E-state index >= 15 is 0 Å². The Hall–Kier alpha value is -3.11. The zero-order valence-corrected chi connectivity index (χ0v) is 16.3. The van der Waals surface area contributed by atoms with E-state index in [2.05, 4.69) is 36.4 Å². The van der Waals surface area contributed by atoms with Gasteiger partial charge in [-0.25, -0.2) is 4.79 Å². The summed E-state index contributed by atoms with van der Waals surface area (Å²) in [5, 5.41) is 10.3. The van der Waals surface area contributed by atoms with E-state index in [0.29, 0.717) is 12.8 Å². The minimum Gasteiger partial charge on any atom is -0.444 e. The van der Waals surface area contributed by atoms with Gasteiger partial charge in [-0.3, -0.25) is 4.90 Å². The van der Waals surface area contributed by atoms with Crippen LogP contribution in [0.15, 0.2) is 84.9 Å². The second-order valence-corrected chi connectivity index (χ2v) is 7.43. The molecule has 29 heavy (non-hydrogen) atoms. The van der Waals surface area contributed by atoms with Crippen molar-refractivity contribution in [3.8, 4) is 11.1 Å². The molecule has 0 spiro atoms. The molecule has 148 valence electrons. The molecule has 1 N–H and O–H groups in total. The Morgan fingerprint density at radius 3 is 2.14 bits per heavy atom. The lowest BCUT2D eigenvalue weighted by molar-refractivity contribution is 0.00686. The zero-order chi connectivity index (χ0) is 20.1. The Labute approximate surface area is 171 Å². The fourth-order valence-corrected chi connectivity index (χ4v) is 3.86. The highest BCUT2D eigenvalue weighted by atomic mass is 16.6. The number of carbonyl (C=O) groups excluding carboxylic acids is 1. The van der Waals surface area contributed by atoms with Gasteiger partial charge in [0.05, 0.1) is 0 Å². The van der Waals surface area contributed by atoms with Crippen molar-refractivity contribution < 1.29 is 14.6 Å². The molecule has 0 saturated carbocycles. The van der Waals surface area contributed by atoms with Gasteiger partial charge in [0.1, 0.15) is 12.8 Å². The Kier molecular flexibility index (Phi) is 5.92. The summed E-state index contributed by atoms with van der Waals surface area (Å²) in [6, 6.07) is 28.2. The van der Waals surface area contributed by atoms with E-state index in [0.717, 1.165) is 17.5 Å². The molecule has 0 aromatic heterocycles. The van der Waals surface area contributed by atoms with Crippen LogP contribution in [-0.4, -0.2) is 28.4 Å². The smallest absolute Gasteiger partial charge is 0.412 e. The number of amides is 1. The molecular formula is C25H25NO3. The first-order chi connectivity index (χ1) is 14.2. The van der Waals surface area contributed by atoms with Crippen molar-refractivity contribution in [1.82, 2.24) is 4.90 Å². The topological polar surface area (TPSA) is 49.8 Å². The van der Waals surface area contributed by atoms with Crippen LogP contribution in [0.4, 0.5) is 4.79 Å². The lowest BCUT2D eigenvalue weighted by Gasteiger charge is -2.27. The van der Waals surface area contributed by atoms with E-state index in [1.165, 1.54) is 16.0 Å². The third kappa shape index (κ3) is 4.66. The second kappa shape index (κ2) is 8.93. The maximum atomic E-state index is 12.6. The maximum Gasteiger partial charge on any atom is 0.412 e. The van der Waals surface area contributed by atoms with Crippen molar-refractivity contribution in [2.75, 3.05) is 0 Å². The molecule has 4 nitrogen and oxygen atoms in total. The van der Waals surface area contributed by atoms with Gasteiger partial charge in [-0.2, -0.15) is 0 Å². The standard InChI is InChI=1S/C25H25NO3/c27-24-16-15-23(26(24)25(28)29-18-20-7-3-1-4-8-20)17-19-11-13-22(14-12-19)21-9-5-2-6-10-21/h1-14,23-24,27H,15-18H2/t23-,24?/m0/s1. The Bertz CT molecular complexity index is 925. The number of nitrogens with zero attached hydrogens (tertiary/aromatic N) is 1. The summed E-state index contributed by atoms with van der Waals surface area (Å²) in [7, 11) is 0. The third-order valence-corrected chi connectivity index (χ3v) is 5.42. The quantitative estimate of drug-likeness (QED) is 0.669. The number of ether oxygens (including phenoxy) is 1. The maximum absolute atomic E-state index is 12.6. The second-order valence-electron chi connectivity index (χ2n) is 7.43. The van der Waals surface area contributed by atoms with Gasteiger partial charge in [0, 0.05) is 6.04 Å². The summed E-state index contributed by atoms with van der Waals surface area (Å²) in [4.78, 5) is 14.1. The molecule has 1 saturated heterocycles. The number of hydrogen-bond acceptors (Lipinski definition) is 3. The molecule has 0 bridgehead atoms. The van der Waals surface area contributed by atoms with Crippen LogP contribution >= 0.6 is 0 Å². The fraction of sp³-hybridized carbons (Fsp3) is 0.240. The molecule has 1 unspecified atom stereocenters. The average molecular weight is 387 g/mol. The number of likely N-dealkylation sites (tertiary alicyclic amines) is 1. The molecule has 4 heteroatoms. The molecule has 0 aliphatic carbocycles. The molecule has 2 atom stereocenters. The predicted octanol–water partition coefficient (Wildman–Crippen LogP) is 5.02. The molecule has 1 aliphatic heterocycles. The Balaban J connectivity index is 1.40. The minimum absolute atomic E-state index is 0.0594. The van der Waals surface area contributed by atoms with E-state index in [1.54, 1.807) is 0 Å². The molecule has 1 aliphatic rings. The lowest BCUT2D eigenvalue weighted by atomic mass is 10.00. The van der Waals surface area contributed by atoms with Crippen LogP contribution in [0, 0.1) is 0 Å². The summed E-state index contributed by atoms with van der Waals surface area (Å²) in [6.45, 7) is 0.210. The van der Waals surface area contributed by atoms with Crippen molar-refractivity contribution in [3.63, 3.8) is 0 Å². The van der Waals surface area contributed by atoms with E-state index < -0.39 is 12.3 Å². The van der Waals surface area contributed by atoms with Crippen LogP contribution in [0.1, 0.15) is 24.0 Å². The molecule has 4 rings (SSSR count). The van der Waals surface area contributed by atoms with Crippen LogP contribution in [0.3, 0.4) is 0 Å². The Morgan fingerprint density at radius 2 is 1.45 bits per heavy atom. The van der Waals surface area contributed by atoms with Crippen LogP contribution in [0.2, 0.25) is 0 Å². The van der Waals surface area contributed by atoms with E-state index in [1.807, 2.05) is 48.5 Å². The number of benzene rings is 3. The van der Waals surface area contributed by atoms with Gasteiger partial charge >= 0.3 is 6.09 Å². The van der Waals surface area contributed by atoms with E-state index in [-0.39, 0.29) is 12.6 Å². The fourth-order valence-electron chi connectivity index (χ4n) is 3.86. The van der Waals surface area contributed by atoms with Crippen molar-refractivity contribution in [2.24, 2.45) is 0 Å². The summed E-state index contributed by atoms with van der Waals surface area (Å²) in [5.41, 5.74) is 4.42. The summed E-state index contributed by atoms with van der Waals surface area (Å²) in [6.07, 6.45) is 0.804. The van der Waals surface area contributed by atoms with Gasteiger partial charge in [-0.1, -0.05) is 84.9 Å². The van der Waals surface area contributed by atoms with Crippen molar-refractivity contribution in [2.45, 2.75) is 38.1 Å². The number of carbonyl (C=O) groups is 1. The number of aliphatic hydroxyl groups excluding tert-OH is 1. The highest BCUT2D eigenvalue weighted by molar-refractivity contribution is 5.69. The van der Waals surface area contributed by atoms with Crippen LogP contribution in [0.5, 0.6) is 0 Å². The molecule has 1 amide bonds. The van der Waals surface area contributed by atoms with Crippen LogP contribution in [-0.2, 0) is 17.8 Å². The molecule has 1 fully saturated rings. The Morgan fingerprint density at radius 1 is 0.828 bits per heavy atom. The van der Waals surface area contributed by atoms with Gasteiger partial charge in [0.2, 0.25) is 0 Å². The van der Waals surface area contributed by atoms with Gasteiger partial charge in [-0.15, -0.1) is 0 Å². The zero-order valence-electron chi connectivity index (χ0n) is 16.3. The lowest BCUT2D eigenvalue weighted by Crippen LogP contribution is -2.42. The monoisotopic (exact) mass is 387 g/mol. The normalized spacial score (nSPS) is 18.6. The van der Waals surface area contributed by atoms with E-state index in [4.69, 9.17) is 4.74 Å². The number of aliphatic hydroxyl groups is 1. The molecule has 3 aromatic rings. The van der Waals surface area contributed by atoms with Gasteiger partial charge in [-0.05, 0) is 41.5 Å². The number of hydrogen-bond donors (Lipinski definition) is 1. The first-order valence-electron chi connectivity index (χ1n) is 10.0. The first-order valence-corrected chi connectivity index (χ1v) is 10.0. The highest BCUT2D eigenvalue weighted by Gasteiger charge is 2.36. The van der Waals surface area contributed by atoms with E-state index in [9.17, 15) is 9.90 Å². The van der Waals surface area contributed by atoms with Crippen LogP contribution in [0.25, 0.3) is 11.1 Å². The molecule has 3 aromatic carbocycles. The molecular weight excluding hydrogens is 362 g/mol. The van der Waals surface area contributed by atoms with Crippen molar-refractivity contribution in [1.29, 1.82) is 0 Å². The SMILES string of the molecule is O=C(OCc1ccccc1)N1C(O)CC[C@H]1Cc1ccc(-c2ccccc2)cc1. The van der Waals surface area contributed by atoms with Crippen LogP contribution < -0.4 is 0 Å². The summed E-state index contributed by atoms with van der Waals surface area (Å²) >= 11 is 0. The first kappa shape index (κ1) is 19.2. The van der Waals surface area contributed by atoms with Gasteiger partial charge < -0.3 is 9.84 Å². The van der Waals surface area contributed by atoms with Gasteiger partial charge in [0.25, 0.3) is 0 Å².